The molecule has 108 valence electrons. The molecule has 0 bridgehead atoms. The van der Waals surface area contributed by atoms with Crippen LogP contribution in [0.2, 0.25) is 0 Å². The first-order valence-corrected chi connectivity index (χ1v) is 7.15. The Balaban J connectivity index is 2.84. The van der Waals surface area contributed by atoms with E-state index in [1.54, 1.807) is 0 Å². The maximum atomic E-state index is 4.67. The van der Waals surface area contributed by atoms with Crippen molar-refractivity contribution in [3.63, 3.8) is 0 Å². The second kappa shape index (κ2) is 7.56. The largest absolute Gasteiger partial charge is 0.316 e. The summed E-state index contributed by atoms with van der Waals surface area (Å²) in [5, 5.41) is 3.39. The van der Waals surface area contributed by atoms with Crippen LogP contribution in [0.5, 0.6) is 0 Å². The Labute approximate surface area is 117 Å². The van der Waals surface area contributed by atoms with Crippen molar-refractivity contribution in [3.8, 4) is 0 Å². The van der Waals surface area contributed by atoms with Crippen LogP contribution >= 0.6 is 0 Å². The number of hydrogen-bond donors (Lipinski definition) is 1. The van der Waals surface area contributed by atoms with Crippen LogP contribution in [0, 0.1) is 13.8 Å². The van der Waals surface area contributed by atoms with Crippen molar-refractivity contribution in [2.75, 3.05) is 33.7 Å². The average molecular weight is 264 g/mol. The lowest BCUT2D eigenvalue weighted by Gasteiger charge is -2.18. The first-order chi connectivity index (χ1) is 8.95. The second-order valence-electron chi connectivity index (χ2n) is 5.49. The Morgan fingerprint density at radius 1 is 1.16 bits per heavy atom. The maximum Gasteiger partial charge on any atom is 0.130 e. The van der Waals surface area contributed by atoms with E-state index in [1.807, 2.05) is 0 Å². The molecule has 4 heteroatoms. The van der Waals surface area contributed by atoms with E-state index < -0.39 is 0 Å². The van der Waals surface area contributed by atoms with Crippen molar-refractivity contribution >= 4 is 0 Å². The van der Waals surface area contributed by atoms with Crippen LogP contribution in [0.1, 0.15) is 42.5 Å². The topological polar surface area (TPSA) is 41.1 Å². The molecule has 1 aromatic heterocycles. The Kier molecular flexibility index (Phi) is 6.38. The van der Waals surface area contributed by atoms with Crippen molar-refractivity contribution in [1.82, 2.24) is 20.2 Å². The van der Waals surface area contributed by atoms with Crippen LogP contribution in [-0.4, -0.2) is 48.6 Å². The molecule has 0 aliphatic heterocycles. The Bertz CT molecular complexity index is 378. The number of hydrogen-bond acceptors (Lipinski definition) is 4. The fraction of sp³-hybridized carbons (Fsp3) is 0.733. The van der Waals surface area contributed by atoms with Crippen molar-refractivity contribution in [1.29, 1.82) is 0 Å². The van der Waals surface area contributed by atoms with Crippen molar-refractivity contribution < 1.29 is 0 Å². The van der Waals surface area contributed by atoms with Gasteiger partial charge in [0.2, 0.25) is 0 Å². The van der Waals surface area contributed by atoms with E-state index in [4.69, 9.17) is 0 Å². The summed E-state index contributed by atoms with van der Waals surface area (Å²) in [5.74, 6) is 1.42. The summed E-state index contributed by atoms with van der Waals surface area (Å²) in [5.41, 5.74) is 3.56. The molecular formula is C15H28N4. The van der Waals surface area contributed by atoms with Crippen molar-refractivity contribution in [3.05, 3.63) is 22.8 Å². The Morgan fingerprint density at radius 3 is 2.21 bits per heavy atom. The third-order valence-corrected chi connectivity index (χ3v) is 3.35. The predicted octanol–water partition coefficient (Wildman–Crippen LogP) is 1.91. The lowest BCUT2D eigenvalue weighted by atomic mass is 9.98. The van der Waals surface area contributed by atoms with E-state index in [0.717, 1.165) is 43.3 Å². The monoisotopic (exact) mass is 264 g/mol. The molecule has 1 heterocycles. The molecule has 1 aromatic rings. The summed E-state index contributed by atoms with van der Waals surface area (Å²) < 4.78 is 0. The quantitative estimate of drug-likeness (QED) is 0.817. The third kappa shape index (κ3) is 4.88. The van der Waals surface area contributed by atoms with Crippen LogP contribution in [0.4, 0.5) is 0 Å². The van der Waals surface area contributed by atoms with Gasteiger partial charge in [0.05, 0.1) is 0 Å². The van der Waals surface area contributed by atoms with E-state index >= 15 is 0 Å². The number of likely N-dealkylation sites (N-methyl/N-ethyl adjacent to an activating group) is 2. The highest BCUT2D eigenvalue weighted by Gasteiger charge is 2.14. The SMILES string of the molecule is CCNCC(C)c1c(C)nc(CCN(C)C)nc1C. The molecule has 0 radical (unpaired) electrons. The Hall–Kier alpha value is -1.00. The first-order valence-electron chi connectivity index (χ1n) is 7.15. The highest BCUT2D eigenvalue weighted by Crippen LogP contribution is 2.20. The highest BCUT2D eigenvalue weighted by atomic mass is 15.1. The van der Waals surface area contributed by atoms with Gasteiger partial charge in [0, 0.05) is 30.9 Å². The summed E-state index contributed by atoms with van der Waals surface area (Å²) in [4.78, 5) is 11.5. The van der Waals surface area contributed by atoms with Gasteiger partial charge in [-0.05, 0) is 46.0 Å². The molecule has 0 saturated heterocycles. The summed E-state index contributed by atoms with van der Waals surface area (Å²) in [6, 6.07) is 0. The molecule has 0 spiro atoms. The van der Waals surface area contributed by atoms with E-state index in [2.05, 4.69) is 62.0 Å². The van der Waals surface area contributed by atoms with E-state index in [0.29, 0.717) is 5.92 Å². The lowest BCUT2D eigenvalue weighted by molar-refractivity contribution is 0.409. The first kappa shape index (κ1) is 16.1. The minimum Gasteiger partial charge on any atom is -0.316 e. The molecule has 0 aliphatic rings. The molecule has 0 saturated carbocycles. The number of aromatic nitrogens is 2. The van der Waals surface area contributed by atoms with Gasteiger partial charge in [-0.15, -0.1) is 0 Å². The van der Waals surface area contributed by atoms with Gasteiger partial charge in [-0.1, -0.05) is 13.8 Å². The molecule has 1 rings (SSSR count). The minimum absolute atomic E-state index is 0.461. The van der Waals surface area contributed by atoms with Gasteiger partial charge in [0.25, 0.3) is 0 Å². The van der Waals surface area contributed by atoms with Crippen LogP contribution in [0.3, 0.4) is 0 Å². The van der Waals surface area contributed by atoms with Gasteiger partial charge in [-0.25, -0.2) is 9.97 Å². The normalized spacial score (nSPS) is 13.0. The molecule has 0 aliphatic carbocycles. The van der Waals surface area contributed by atoms with Gasteiger partial charge in [0.15, 0.2) is 0 Å². The molecule has 4 nitrogen and oxygen atoms in total. The maximum absolute atomic E-state index is 4.67. The van der Waals surface area contributed by atoms with Crippen LogP contribution in [-0.2, 0) is 6.42 Å². The summed E-state index contributed by atoms with van der Waals surface area (Å²) in [6.07, 6.45) is 0.913. The van der Waals surface area contributed by atoms with E-state index in [-0.39, 0.29) is 0 Å². The minimum atomic E-state index is 0.461. The molecule has 0 aromatic carbocycles. The molecule has 0 amide bonds. The lowest BCUT2D eigenvalue weighted by Crippen LogP contribution is -2.22. The molecule has 1 atom stereocenters. The summed E-state index contributed by atoms with van der Waals surface area (Å²) >= 11 is 0. The highest BCUT2D eigenvalue weighted by molar-refractivity contribution is 5.28. The zero-order valence-electron chi connectivity index (χ0n) is 13.2. The summed E-state index contributed by atoms with van der Waals surface area (Å²) in [7, 11) is 4.15. The number of aryl methyl sites for hydroxylation is 2. The fourth-order valence-electron chi connectivity index (χ4n) is 2.41. The van der Waals surface area contributed by atoms with Crippen LogP contribution in [0.15, 0.2) is 0 Å². The molecule has 0 fully saturated rings. The van der Waals surface area contributed by atoms with Gasteiger partial charge >= 0.3 is 0 Å². The molecule has 1 N–H and O–H groups in total. The van der Waals surface area contributed by atoms with Crippen LogP contribution in [0.25, 0.3) is 0 Å². The Morgan fingerprint density at radius 2 is 1.74 bits per heavy atom. The predicted molar refractivity (Wildman–Crippen MR) is 80.7 cm³/mol. The third-order valence-electron chi connectivity index (χ3n) is 3.35. The smallest absolute Gasteiger partial charge is 0.130 e. The van der Waals surface area contributed by atoms with Gasteiger partial charge in [-0.3, -0.25) is 0 Å². The molecule has 19 heavy (non-hydrogen) atoms. The fourth-order valence-corrected chi connectivity index (χ4v) is 2.41. The van der Waals surface area contributed by atoms with Gasteiger partial charge < -0.3 is 10.2 Å². The van der Waals surface area contributed by atoms with Crippen molar-refractivity contribution in [2.24, 2.45) is 0 Å². The van der Waals surface area contributed by atoms with Crippen molar-refractivity contribution in [2.45, 2.75) is 40.0 Å². The second-order valence-corrected chi connectivity index (χ2v) is 5.49. The van der Waals surface area contributed by atoms with Crippen LogP contribution < -0.4 is 5.32 Å². The zero-order chi connectivity index (χ0) is 14.4. The standard InChI is InChI=1S/C15H28N4/c1-7-16-10-11(2)15-12(3)17-14(18-13(15)4)8-9-19(5)6/h11,16H,7-10H2,1-6H3. The van der Waals surface area contributed by atoms with E-state index in [9.17, 15) is 0 Å². The zero-order valence-corrected chi connectivity index (χ0v) is 13.2. The van der Waals surface area contributed by atoms with Gasteiger partial charge in [-0.2, -0.15) is 0 Å². The number of rotatable bonds is 7. The van der Waals surface area contributed by atoms with E-state index in [1.165, 1.54) is 5.56 Å². The molecule has 1 unspecified atom stereocenters. The number of nitrogens with one attached hydrogen (secondary N) is 1. The average Bonchev–Trinajstić information content (AvgIpc) is 2.33. The number of nitrogens with zero attached hydrogens (tertiary/aromatic N) is 3. The molecular weight excluding hydrogens is 236 g/mol. The van der Waals surface area contributed by atoms with Gasteiger partial charge in [0.1, 0.15) is 5.82 Å². The summed E-state index contributed by atoms with van der Waals surface area (Å²) in [6.45, 7) is 11.6.